The molecule has 0 aliphatic rings. The van der Waals surface area contributed by atoms with Crippen molar-refractivity contribution in [3.8, 4) is 6.07 Å². The lowest BCUT2D eigenvalue weighted by atomic mass is 10.1. The van der Waals surface area contributed by atoms with Crippen molar-refractivity contribution >= 4 is 17.2 Å². The molecule has 6 heteroatoms. The maximum Gasteiger partial charge on any atom is 0.251 e. The largest absolute Gasteiger partial charge is 0.352 e. The smallest absolute Gasteiger partial charge is 0.251 e. The molecule has 2 rings (SSSR count). The number of nitriles is 1. The fourth-order valence-corrected chi connectivity index (χ4v) is 2.26. The molecule has 0 bridgehead atoms. The number of benzene rings is 1. The van der Waals surface area contributed by atoms with E-state index < -0.39 is 0 Å². The summed E-state index contributed by atoms with van der Waals surface area (Å²) < 4.78 is 0. The van der Waals surface area contributed by atoms with Crippen molar-refractivity contribution in [3.05, 3.63) is 45.4 Å². The first kappa shape index (κ1) is 13.2. The second-order valence-corrected chi connectivity index (χ2v) is 5.18. The lowest BCUT2D eigenvalue weighted by Gasteiger charge is -2.03. The molecule has 1 aromatic heterocycles. The summed E-state index contributed by atoms with van der Waals surface area (Å²) in [6.07, 6.45) is 0.662. The Morgan fingerprint density at radius 3 is 3.00 bits per heavy atom. The third kappa shape index (κ3) is 3.60. The zero-order valence-corrected chi connectivity index (χ0v) is 11.2. The first-order chi connectivity index (χ1) is 9.19. The number of aryl methyl sites for hydroxylation is 1. The molecule has 0 radical (unpaired) electrons. The van der Waals surface area contributed by atoms with Crippen molar-refractivity contribution in [1.82, 2.24) is 15.5 Å². The minimum absolute atomic E-state index is 0.182. The molecule has 0 saturated heterocycles. The molecule has 19 heavy (non-hydrogen) atoms. The van der Waals surface area contributed by atoms with E-state index in [9.17, 15) is 4.79 Å². The van der Waals surface area contributed by atoms with Crippen LogP contribution in [0.15, 0.2) is 24.3 Å². The third-order valence-electron chi connectivity index (χ3n) is 2.45. The molecule has 0 spiro atoms. The number of carbonyl (C=O) groups excluding carboxylic acids is 1. The number of carbonyl (C=O) groups is 1. The van der Waals surface area contributed by atoms with E-state index >= 15 is 0 Å². The van der Waals surface area contributed by atoms with Gasteiger partial charge in [-0.3, -0.25) is 4.79 Å². The van der Waals surface area contributed by atoms with Crippen LogP contribution in [0.5, 0.6) is 0 Å². The molecule has 1 heterocycles. The first-order valence-electron chi connectivity index (χ1n) is 5.76. The monoisotopic (exact) mass is 272 g/mol. The van der Waals surface area contributed by atoms with Crippen LogP contribution in [0.4, 0.5) is 0 Å². The lowest BCUT2D eigenvalue weighted by molar-refractivity contribution is 0.0954. The molecule has 5 nitrogen and oxygen atoms in total. The zero-order valence-electron chi connectivity index (χ0n) is 10.4. The van der Waals surface area contributed by atoms with Gasteiger partial charge in [-0.25, -0.2) is 0 Å². The van der Waals surface area contributed by atoms with Crippen LogP contribution in [0.1, 0.15) is 25.9 Å². The molecule has 0 aliphatic carbocycles. The second-order valence-electron chi connectivity index (χ2n) is 3.91. The summed E-state index contributed by atoms with van der Waals surface area (Å²) in [5, 5.41) is 21.3. The number of aromatic nitrogens is 2. The molecule has 2 aromatic rings. The molecule has 96 valence electrons. The van der Waals surface area contributed by atoms with Crippen molar-refractivity contribution in [1.29, 1.82) is 5.26 Å². The third-order valence-corrected chi connectivity index (χ3v) is 3.34. The van der Waals surface area contributed by atoms with Crippen molar-refractivity contribution < 1.29 is 4.79 Å². The highest BCUT2D eigenvalue weighted by molar-refractivity contribution is 7.11. The van der Waals surface area contributed by atoms with Gasteiger partial charge in [-0.15, -0.1) is 21.5 Å². The Bertz CT molecular complexity index is 630. The Balaban J connectivity index is 1.89. The molecule has 1 aromatic carbocycles. The van der Waals surface area contributed by atoms with Crippen LogP contribution in [0.25, 0.3) is 0 Å². The normalized spacial score (nSPS) is 9.89. The van der Waals surface area contributed by atoms with Crippen LogP contribution < -0.4 is 5.32 Å². The predicted molar refractivity (Wildman–Crippen MR) is 71.8 cm³/mol. The number of hydrogen-bond acceptors (Lipinski definition) is 5. The minimum atomic E-state index is -0.182. The summed E-state index contributed by atoms with van der Waals surface area (Å²) in [5.41, 5.74) is 0.972. The van der Waals surface area contributed by atoms with Crippen LogP contribution >= 0.6 is 11.3 Å². The van der Waals surface area contributed by atoms with Crippen molar-refractivity contribution in [2.24, 2.45) is 0 Å². The summed E-state index contributed by atoms with van der Waals surface area (Å²) in [6, 6.07) is 8.63. The highest BCUT2D eigenvalue weighted by atomic mass is 32.1. The first-order valence-corrected chi connectivity index (χ1v) is 6.58. The van der Waals surface area contributed by atoms with Crippen LogP contribution in [-0.2, 0) is 6.42 Å². The molecule has 0 saturated carbocycles. The van der Waals surface area contributed by atoms with Crippen LogP contribution in [0.3, 0.4) is 0 Å². The van der Waals surface area contributed by atoms with E-state index in [0.29, 0.717) is 24.1 Å². The number of nitrogens with one attached hydrogen (secondary N) is 1. The van der Waals surface area contributed by atoms with Crippen LogP contribution in [0, 0.1) is 18.3 Å². The van der Waals surface area contributed by atoms with Gasteiger partial charge >= 0.3 is 0 Å². The Morgan fingerprint density at radius 2 is 2.32 bits per heavy atom. The summed E-state index contributed by atoms with van der Waals surface area (Å²) in [5.74, 6) is -0.182. The molecular weight excluding hydrogens is 260 g/mol. The number of nitrogens with zero attached hydrogens (tertiary/aromatic N) is 3. The van der Waals surface area contributed by atoms with Crippen molar-refractivity contribution in [2.45, 2.75) is 13.3 Å². The van der Waals surface area contributed by atoms with E-state index in [1.54, 1.807) is 24.3 Å². The summed E-state index contributed by atoms with van der Waals surface area (Å²) >= 11 is 1.52. The minimum Gasteiger partial charge on any atom is -0.352 e. The van der Waals surface area contributed by atoms with Gasteiger partial charge in [0.05, 0.1) is 11.6 Å². The molecule has 0 atom stereocenters. The van der Waals surface area contributed by atoms with Crippen LogP contribution in [0.2, 0.25) is 0 Å². The number of amides is 1. The van der Waals surface area contributed by atoms with Gasteiger partial charge in [0.1, 0.15) is 10.0 Å². The van der Waals surface area contributed by atoms with E-state index in [-0.39, 0.29) is 5.91 Å². The zero-order chi connectivity index (χ0) is 13.7. The van der Waals surface area contributed by atoms with E-state index in [4.69, 9.17) is 5.26 Å². The fourth-order valence-electron chi connectivity index (χ4n) is 1.55. The molecule has 1 amide bonds. The maximum atomic E-state index is 11.9. The highest BCUT2D eigenvalue weighted by Crippen LogP contribution is 2.08. The molecule has 0 fully saturated rings. The van der Waals surface area contributed by atoms with Crippen molar-refractivity contribution in [3.63, 3.8) is 0 Å². The summed E-state index contributed by atoms with van der Waals surface area (Å²) in [4.78, 5) is 11.9. The number of hydrogen-bond donors (Lipinski definition) is 1. The van der Waals surface area contributed by atoms with Gasteiger partial charge in [-0.1, -0.05) is 6.07 Å². The fraction of sp³-hybridized carbons (Fsp3) is 0.231. The van der Waals surface area contributed by atoms with Gasteiger partial charge in [-0.05, 0) is 25.1 Å². The van der Waals surface area contributed by atoms with E-state index in [2.05, 4.69) is 15.5 Å². The van der Waals surface area contributed by atoms with Gasteiger partial charge in [0.2, 0.25) is 0 Å². The maximum absolute atomic E-state index is 11.9. The summed E-state index contributed by atoms with van der Waals surface area (Å²) in [7, 11) is 0. The summed E-state index contributed by atoms with van der Waals surface area (Å²) in [6.45, 7) is 2.40. The van der Waals surface area contributed by atoms with E-state index in [1.165, 1.54) is 11.3 Å². The lowest BCUT2D eigenvalue weighted by Crippen LogP contribution is -2.25. The molecule has 1 N–H and O–H groups in total. The SMILES string of the molecule is Cc1nnc(CCNC(=O)c2cccc(C#N)c2)s1. The van der Waals surface area contributed by atoms with Gasteiger partial charge in [0, 0.05) is 18.5 Å². The highest BCUT2D eigenvalue weighted by Gasteiger charge is 2.06. The van der Waals surface area contributed by atoms with Gasteiger partial charge in [-0.2, -0.15) is 5.26 Å². The molecular formula is C13H12N4OS. The Morgan fingerprint density at radius 1 is 1.47 bits per heavy atom. The van der Waals surface area contributed by atoms with E-state index in [0.717, 1.165) is 10.0 Å². The van der Waals surface area contributed by atoms with Gasteiger partial charge in [0.15, 0.2) is 0 Å². The van der Waals surface area contributed by atoms with Crippen molar-refractivity contribution in [2.75, 3.05) is 6.54 Å². The number of rotatable bonds is 4. The Kier molecular flexibility index (Phi) is 4.21. The van der Waals surface area contributed by atoms with Gasteiger partial charge in [0.25, 0.3) is 5.91 Å². The van der Waals surface area contributed by atoms with Crippen LogP contribution in [-0.4, -0.2) is 22.6 Å². The second kappa shape index (κ2) is 6.07. The average Bonchev–Trinajstić information content (AvgIpc) is 2.84. The molecule has 0 aliphatic heterocycles. The molecule has 0 unspecified atom stereocenters. The van der Waals surface area contributed by atoms with Gasteiger partial charge < -0.3 is 5.32 Å². The topological polar surface area (TPSA) is 78.7 Å². The standard InChI is InChI=1S/C13H12N4OS/c1-9-16-17-12(19-9)5-6-15-13(18)11-4-2-3-10(7-11)8-14/h2-4,7H,5-6H2,1H3,(H,15,18). The predicted octanol–water partition coefficient (Wildman–Crippen LogP) is 1.69. The average molecular weight is 272 g/mol. The Labute approximate surface area is 114 Å². The van der Waals surface area contributed by atoms with E-state index in [1.807, 2.05) is 13.0 Å². The quantitative estimate of drug-likeness (QED) is 0.918. The Hall–Kier alpha value is -2.26.